The van der Waals surface area contributed by atoms with Crippen molar-refractivity contribution in [3.8, 4) is 6.07 Å². The summed E-state index contributed by atoms with van der Waals surface area (Å²) in [5, 5.41) is 29.8. The molecule has 1 aromatic rings. The number of nitrogens with one attached hydrogen (secondary N) is 1. The highest BCUT2D eigenvalue weighted by Crippen LogP contribution is 2.16. The molecule has 0 aromatic heterocycles. The van der Waals surface area contributed by atoms with Gasteiger partial charge in [0.25, 0.3) is 5.91 Å². The van der Waals surface area contributed by atoms with Gasteiger partial charge in [-0.15, -0.1) is 0 Å². The zero-order chi connectivity index (χ0) is 15.7. The highest BCUT2D eigenvalue weighted by molar-refractivity contribution is 9.10. The number of halogens is 1. The van der Waals surface area contributed by atoms with Crippen LogP contribution in [0.2, 0.25) is 0 Å². The number of nitrogens with zero attached hydrogens (tertiary/aromatic N) is 2. The van der Waals surface area contributed by atoms with Crippen LogP contribution in [0.15, 0.2) is 40.5 Å². The monoisotopic (exact) mass is 353 g/mol. The van der Waals surface area contributed by atoms with E-state index in [1.165, 1.54) is 11.1 Å². The van der Waals surface area contributed by atoms with Gasteiger partial charge in [0.15, 0.2) is 0 Å². The van der Waals surface area contributed by atoms with Crippen LogP contribution in [0.25, 0.3) is 0 Å². The molecule has 0 spiro atoms. The maximum absolute atomic E-state index is 12.1. The third-order valence-corrected chi connectivity index (χ3v) is 3.08. The molecule has 6 nitrogen and oxygen atoms in total. The minimum atomic E-state index is -0.539. The number of benzene rings is 1. The molecule has 0 fully saturated rings. The predicted octanol–water partition coefficient (Wildman–Crippen LogP) is 1.08. The fraction of sp³-hybridized carbons (Fsp3) is 0.286. The molecule has 112 valence electrons. The van der Waals surface area contributed by atoms with Gasteiger partial charge in [-0.3, -0.25) is 4.79 Å². The van der Waals surface area contributed by atoms with Crippen molar-refractivity contribution in [2.24, 2.45) is 0 Å². The van der Waals surface area contributed by atoms with Gasteiger partial charge in [-0.25, -0.2) is 0 Å². The minimum absolute atomic E-state index is 0.0648. The van der Waals surface area contributed by atoms with Crippen molar-refractivity contribution in [3.63, 3.8) is 0 Å². The summed E-state index contributed by atoms with van der Waals surface area (Å²) in [6, 6.07) is 9.08. The third-order valence-electron chi connectivity index (χ3n) is 2.59. The van der Waals surface area contributed by atoms with Gasteiger partial charge in [0.05, 0.1) is 13.2 Å². The van der Waals surface area contributed by atoms with E-state index in [2.05, 4.69) is 21.2 Å². The standard InChI is InChI=1S/C14H16BrN3O3/c15-12-2-1-3-13(8-12)17-10-11(9-16)14(21)18(4-6-19)5-7-20/h1-3,8,10,17,19-20H,4-7H2/b11-10-. The molecule has 1 aromatic carbocycles. The Balaban J connectivity index is 2.83. The Hall–Kier alpha value is -1.88. The first-order valence-corrected chi connectivity index (χ1v) is 7.05. The first-order chi connectivity index (χ1) is 10.1. The van der Waals surface area contributed by atoms with E-state index in [0.29, 0.717) is 0 Å². The van der Waals surface area contributed by atoms with E-state index in [-0.39, 0.29) is 31.9 Å². The highest BCUT2D eigenvalue weighted by Gasteiger charge is 2.17. The van der Waals surface area contributed by atoms with Gasteiger partial charge in [0, 0.05) is 29.4 Å². The summed E-state index contributed by atoms with van der Waals surface area (Å²) >= 11 is 3.32. The van der Waals surface area contributed by atoms with E-state index in [1.807, 2.05) is 18.2 Å². The van der Waals surface area contributed by atoms with Crippen LogP contribution in [0.5, 0.6) is 0 Å². The Labute approximate surface area is 131 Å². The Kier molecular flexibility index (Phi) is 7.46. The number of nitriles is 1. The number of rotatable bonds is 7. The second kappa shape index (κ2) is 9.13. The van der Waals surface area contributed by atoms with Crippen LogP contribution in [0.4, 0.5) is 5.69 Å². The third kappa shape index (κ3) is 5.55. The number of carbonyl (C=O) groups is 1. The van der Waals surface area contributed by atoms with Crippen LogP contribution in [-0.4, -0.2) is 47.3 Å². The highest BCUT2D eigenvalue weighted by atomic mass is 79.9. The van der Waals surface area contributed by atoms with E-state index >= 15 is 0 Å². The molecule has 3 N–H and O–H groups in total. The Morgan fingerprint density at radius 1 is 1.38 bits per heavy atom. The second-order valence-electron chi connectivity index (χ2n) is 4.06. The zero-order valence-corrected chi connectivity index (χ0v) is 12.9. The number of aliphatic hydroxyl groups is 2. The molecule has 1 amide bonds. The number of carbonyl (C=O) groups excluding carboxylic acids is 1. The van der Waals surface area contributed by atoms with Gasteiger partial charge in [-0.05, 0) is 18.2 Å². The Bertz CT molecular complexity index is 549. The molecule has 0 aliphatic carbocycles. The normalized spacial score (nSPS) is 10.9. The lowest BCUT2D eigenvalue weighted by molar-refractivity contribution is -0.127. The largest absolute Gasteiger partial charge is 0.395 e. The molecule has 0 aliphatic rings. The lowest BCUT2D eigenvalue weighted by atomic mass is 10.2. The van der Waals surface area contributed by atoms with Gasteiger partial charge in [0.2, 0.25) is 0 Å². The maximum atomic E-state index is 12.1. The van der Waals surface area contributed by atoms with Gasteiger partial charge >= 0.3 is 0 Å². The van der Waals surface area contributed by atoms with Crippen LogP contribution in [-0.2, 0) is 4.79 Å². The Morgan fingerprint density at radius 2 is 2.05 bits per heavy atom. The smallest absolute Gasteiger partial charge is 0.266 e. The first kappa shape index (κ1) is 17.2. The quantitative estimate of drug-likeness (QED) is 0.503. The molecule has 0 saturated carbocycles. The summed E-state index contributed by atoms with van der Waals surface area (Å²) in [6.45, 7) is -0.336. The number of aliphatic hydroxyl groups excluding tert-OH is 2. The number of anilines is 1. The molecule has 0 bridgehead atoms. The number of hydrogen-bond donors (Lipinski definition) is 3. The van der Waals surface area contributed by atoms with Gasteiger partial charge in [-0.2, -0.15) is 5.26 Å². The second-order valence-corrected chi connectivity index (χ2v) is 4.98. The molecule has 21 heavy (non-hydrogen) atoms. The van der Waals surface area contributed by atoms with Crippen LogP contribution in [0, 0.1) is 11.3 Å². The van der Waals surface area contributed by atoms with E-state index in [9.17, 15) is 4.79 Å². The molecule has 1 rings (SSSR count). The lowest BCUT2D eigenvalue weighted by Crippen LogP contribution is -2.36. The summed E-state index contributed by atoms with van der Waals surface area (Å²) in [5.41, 5.74) is 0.623. The zero-order valence-electron chi connectivity index (χ0n) is 11.3. The summed E-state index contributed by atoms with van der Waals surface area (Å²) in [7, 11) is 0. The molecular weight excluding hydrogens is 338 g/mol. The van der Waals surface area contributed by atoms with Gasteiger partial charge < -0.3 is 20.4 Å². The van der Waals surface area contributed by atoms with Crippen molar-refractivity contribution >= 4 is 27.5 Å². The van der Waals surface area contributed by atoms with Crippen molar-refractivity contribution < 1.29 is 15.0 Å². The molecular formula is C14H16BrN3O3. The van der Waals surface area contributed by atoms with Crippen LogP contribution in [0.1, 0.15) is 0 Å². The lowest BCUT2D eigenvalue weighted by Gasteiger charge is -2.20. The molecule has 0 atom stereocenters. The van der Waals surface area contributed by atoms with Crippen molar-refractivity contribution in [1.82, 2.24) is 4.90 Å². The fourth-order valence-corrected chi connectivity index (χ4v) is 2.00. The predicted molar refractivity (Wildman–Crippen MR) is 82.2 cm³/mol. The first-order valence-electron chi connectivity index (χ1n) is 6.25. The summed E-state index contributed by atoms with van der Waals surface area (Å²) in [6.07, 6.45) is 1.31. The van der Waals surface area contributed by atoms with Crippen molar-refractivity contribution in [1.29, 1.82) is 5.26 Å². The van der Waals surface area contributed by atoms with E-state index in [0.717, 1.165) is 10.2 Å². The summed E-state index contributed by atoms with van der Waals surface area (Å²) in [5.74, 6) is -0.539. The van der Waals surface area contributed by atoms with Crippen molar-refractivity contribution in [2.75, 3.05) is 31.6 Å². The van der Waals surface area contributed by atoms with E-state index in [4.69, 9.17) is 15.5 Å². The average molecular weight is 354 g/mol. The van der Waals surface area contributed by atoms with Gasteiger partial charge in [0.1, 0.15) is 11.6 Å². The van der Waals surface area contributed by atoms with Crippen LogP contribution >= 0.6 is 15.9 Å². The van der Waals surface area contributed by atoms with Crippen molar-refractivity contribution in [2.45, 2.75) is 0 Å². The molecule has 0 saturated heterocycles. The average Bonchev–Trinajstić information content (AvgIpc) is 2.47. The van der Waals surface area contributed by atoms with Crippen LogP contribution < -0.4 is 5.32 Å². The Morgan fingerprint density at radius 3 is 2.57 bits per heavy atom. The summed E-state index contributed by atoms with van der Waals surface area (Å²) < 4.78 is 0.868. The molecule has 0 heterocycles. The van der Waals surface area contributed by atoms with Crippen molar-refractivity contribution in [3.05, 3.63) is 40.5 Å². The van der Waals surface area contributed by atoms with Gasteiger partial charge in [-0.1, -0.05) is 22.0 Å². The SMILES string of the molecule is N#C/C(=C/Nc1cccc(Br)c1)C(=O)N(CCO)CCO. The summed E-state index contributed by atoms with van der Waals surface area (Å²) in [4.78, 5) is 13.3. The van der Waals surface area contributed by atoms with E-state index in [1.54, 1.807) is 12.1 Å². The molecule has 7 heteroatoms. The topological polar surface area (TPSA) is 96.6 Å². The fourth-order valence-electron chi connectivity index (χ4n) is 1.60. The maximum Gasteiger partial charge on any atom is 0.266 e. The molecule has 0 radical (unpaired) electrons. The van der Waals surface area contributed by atoms with Crippen LogP contribution in [0.3, 0.4) is 0 Å². The van der Waals surface area contributed by atoms with E-state index < -0.39 is 5.91 Å². The minimum Gasteiger partial charge on any atom is -0.395 e. The molecule has 0 aliphatic heterocycles. The molecule has 0 unspecified atom stereocenters. The number of amides is 1. The number of hydrogen-bond acceptors (Lipinski definition) is 5.